The standard InChI is InChI=1S/C19H30N4O.ClH/c1-16-5-4-6-18(13-16)23-11-9-22(10-12-23)8-3-2-7-21-19(24)17-14-20-15-17;/h4-6,13,17,20H,2-3,7-12,14-15H2,1H3,(H,21,24);1H. The van der Waals surface area contributed by atoms with Crippen LogP contribution in [0.1, 0.15) is 18.4 Å². The van der Waals surface area contributed by atoms with Crippen molar-refractivity contribution in [2.45, 2.75) is 19.8 Å². The molecule has 5 nitrogen and oxygen atoms in total. The van der Waals surface area contributed by atoms with Crippen LogP contribution < -0.4 is 15.5 Å². The van der Waals surface area contributed by atoms with Gasteiger partial charge in [-0.15, -0.1) is 12.4 Å². The molecule has 25 heavy (non-hydrogen) atoms. The van der Waals surface area contributed by atoms with Crippen LogP contribution in [0.25, 0.3) is 0 Å². The molecule has 3 rings (SSSR count). The van der Waals surface area contributed by atoms with Gasteiger partial charge in [-0.25, -0.2) is 0 Å². The molecule has 0 atom stereocenters. The maximum Gasteiger partial charge on any atom is 0.225 e. The second kappa shape index (κ2) is 10.00. The average Bonchev–Trinajstić information content (AvgIpc) is 2.53. The van der Waals surface area contributed by atoms with Gasteiger partial charge in [0.25, 0.3) is 0 Å². The molecule has 2 heterocycles. The Morgan fingerprint density at radius 1 is 1.20 bits per heavy atom. The van der Waals surface area contributed by atoms with Gasteiger partial charge in [-0.3, -0.25) is 9.69 Å². The lowest BCUT2D eigenvalue weighted by molar-refractivity contribution is -0.126. The third-order valence-corrected chi connectivity index (χ3v) is 5.09. The Labute approximate surface area is 157 Å². The number of anilines is 1. The van der Waals surface area contributed by atoms with Crippen LogP contribution in [0, 0.1) is 12.8 Å². The number of aryl methyl sites for hydroxylation is 1. The van der Waals surface area contributed by atoms with E-state index in [-0.39, 0.29) is 24.2 Å². The van der Waals surface area contributed by atoms with Crippen molar-refractivity contribution < 1.29 is 4.79 Å². The van der Waals surface area contributed by atoms with E-state index in [1.54, 1.807) is 0 Å². The summed E-state index contributed by atoms with van der Waals surface area (Å²) in [7, 11) is 0. The summed E-state index contributed by atoms with van der Waals surface area (Å²) in [5.74, 6) is 0.431. The van der Waals surface area contributed by atoms with E-state index in [0.717, 1.165) is 65.2 Å². The van der Waals surface area contributed by atoms with E-state index in [9.17, 15) is 4.79 Å². The van der Waals surface area contributed by atoms with Crippen LogP contribution >= 0.6 is 12.4 Å². The number of nitrogens with zero attached hydrogens (tertiary/aromatic N) is 2. The smallest absolute Gasteiger partial charge is 0.225 e. The summed E-state index contributed by atoms with van der Waals surface area (Å²) >= 11 is 0. The predicted molar refractivity (Wildman–Crippen MR) is 106 cm³/mol. The highest BCUT2D eigenvalue weighted by atomic mass is 35.5. The molecule has 2 saturated heterocycles. The fourth-order valence-electron chi connectivity index (χ4n) is 3.34. The fraction of sp³-hybridized carbons (Fsp3) is 0.632. The van der Waals surface area contributed by atoms with Gasteiger partial charge in [0.15, 0.2) is 0 Å². The molecule has 2 aliphatic rings. The molecular weight excluding hydrogens is 336 g/mol. The quantitative estimate of drug-likeness (QED) is 0.720. The number of carbonyl (C=O) groups is 1. The highest BCUT2D eigenvalue weighted by molar-refractivity contribution is 5.85. The molecule has 0 bridgehead atoms. The number of rotatable bonds is 7. The minimum absolute atomic E-state index is 0. The number of nitrogens with one attached hydrogen (secondary N) is 2. The van der Waals surface area contributed by atoms with Gasteiger partial charge in [0.2, 0.25) is 5.91 Å². The first kappa shape index (κ1) is 20.0. The van der Waals surface area contributed by atoms with Crippen molar-refractivity contribution in [2.75, 3.05) is 57.3 Å². The average molecular weight is 367 g/mol. The second-order valence-electron chi connectivity index (χ2n) is 7.02. The van der Waals surface area contributed by atoms with Crippen LogP contribution in [0.3, 0.4) is 0 Å². The Morgan fingerprint density at radius 3 is 2.60 bits per heavy atom. The van der Waals surface area contributed by atoms with Crippen LogP contribution in [0.5, 0.6) is 0 Å². The largest absolute Gasteiger partial charge is 0.369 e. The summed E-state index contributed by atoms with van der Waals surface area (Å²) in [4.78, 5) is 16.7. The zero-order valence-corrected chi connectivity index (χ0v) is 16.0. The SMILES string of the molecule is Cc1cccc(N2CCN(CCCCNC(=O)C3CNC3)CC2)c1.Cl. The lowest BCUT2D eigenvalue weighted by Crippen LogP contribution is -2.51. The van der Waals surface area contributed by atoms with E-state index >= 15 is 0 Å². The van der Waals surface area contributed by atoms with Crippen molar-refractivity contribution in [1.29, 1.82) is 0 Å². The normalized spacial score (nSPS) is 18.4. The Balaban J connectivity index is 0.00000225. The number of amides is 1. The molecule has 2 N–H and O–H groups in total. The van der Waals surface area contributed by atoms with Crippen molar-refractivity contribution >= 4 is 24.0 Å². The monoisotopic (exact) mass is 366 g/mol. The van der Waals surface area contributed by atoms with Gasteiger partial charge in [-0.05, 0) is 44.0 Å². The number of carbonyl (C=O) groups excluding carboxylic acids is 1. The lowest BCUT2D eigenvalue weighted by atomic mass is 10.0. The number of hydrogen-bond donors (Lipinski definition) is 2. The molecule has 0 aliphatic carbocycles. The molecule has 6 heteroatoms. The van der Waals surface area contributed by atoms with E-state index in [4.69, 9.17) is 0 Å². The Bertz CT molecular complexity index is 542. The van der Waals surface area contributed by atoms with Gasteiger partial charge in [0.05, 0.1) is 5.92 Å². The number of hydrogen-bond acceptors (Lipinski definition) is 4. The molecule has 1 amide bonds. The van der Waals surface area contributed by atoms with Crippen molar-refractivity contribution in [3.05, 3.63) is 29.8 Å². The molecule has 2 fully saturated rings. The summed E-state index contributed by atoms with van der Waals surface area (Å²) in [5, 5.41) is 6.18. The maximum atomic E-state index is 11.7. The first-order chi connectivity index (χ1) is 11.7. The number of halogens is 1. The number of piperazine rings is 1. The van der Waals surface area contributed by atoms with Crippen molar-refractivity contribution in [3.8, 4) is 0 Å². The molecule has 1 aromatic carbocycles. The van der Waals surface area contributed by atoms with Gasteiger partial charge in [0, 0.05) is 51.5 Å². The fourth-order valence-corrected chi connectivity index (χ4v) is 3.34. The van der Waals surface area contributed by atoms with Crippen LogP contribution in [-0.2, 0) is 4.79 Å². The minimum atomic E-state index is 0. The van der Waals surface area contributed by atoms with Crippen LogP contribution in [0.15, 0.2) is 24.3 Å². The van der Waals surface area contributed by atoms with Crippen molar-refractivity contribution in [1.82, 2.24) is 15.5 Å². The van der Waals surface area contributed by atoms with Gasteiger partial charge in [-0.1, -0.05) is 12.1 Å². The number of unbranched alkanes of at least 4 members (excludes halogenated alkanes) is 1. The maximum absolute atomic E-state index is 11.7. The molecule has 140 valence electrons. The van der Waals surface area contributed by atoms with Crippen LogP contribution in [0.2, 0.25) is 0 Å². The molecular formula is C19H31ClN4O. The molecule has 0 aromatic heterocycles. The molecule has 0 spiro atoms. The lowest BCUT2D eigenvalue weighted by Gasteiger charge is -2.36. The van der Waals surface area contributed by atoms with E-state index in [0.29, 0.717) is 0 Å². The molecule has 0 saturated carbocycles. The van der Waals surface area contributed by atoms with Crippen molar-refractivity contribution in [2.24, 2.45) is 5.92 Å². The summed E-state index contributed by atoms with van der Waals surface area (Å²) in [6, 6.07) is 8.78. The Hall–Kier alpha value is -1.30. The highest BCUT2D eigenvalue weighted by Crippen LogP contribution is 2.17. The topological polar surface area (TPSA) is 47.6 Å². The van der Waals surface area contributed by atoms with Gasteiger partial charge < -0.3 is 15.5 Å². The first-order valence-corrected chi connectivity index (χ1v) is 9.25. The third kappa shape index (κ3) is 5.87. The van der Waals surface area contributed by atoms with E-state index < -0.39 is 0 Å². The van der Waals surface area contributed by atoms with Gasteiger partial charge in [-0.2, -0.15) is 0 Å². The van der Waals surface area contributed by atoms with Gasteiger partial charge in [0.1, 0.15) is 0 Å². The molecule has 1 aromatic rings. The van der Waals surface area contributed by atoms with Crippen molar-refractivity contribution in [3.63, 3.8) is 0 Å². The summed E-state index contributed by atoms with van der Waals surface area (Å²) in [6.45, 7) is 10.3. The van der Waals surface area contributed by atoms with Crippen LogP contribution in [0.4, 0.5) is 5.69 Å². The second-order valence-corrected chi connectivity index (χ2v) is 7.02. The zero-order chi connectivity index (χ0) is 16.8. The first-order valence-electron chi connectivity index (χ1n) is 9.25. The summed E-state index contributed by atoms with van der Waals surface area (Å²) < 4.78 is 0. The minimum Gasteiger partial charge on any atom is -0.369 e. The molecule has 2 aliphatic heterocycles. The Kier molecular flexibility index (Phi) is 8.00. The number of benzene rings is 1. The summed E-state index contributed by atoms with van der Waals surface area (Å²) in [6.07, 6.45) is 2.23. The molecule has 0 radical (unpaired) electrons. The molecule has 0 unspecified atom stereocenters. The van der Waals surface area contributed by atoms with E-state index in [2.05, 4.69) is 51.6 Å². The highest BCUT2D eigenvalue weighted by Gasteiger charge is 2.24. The zero-order valence-electron chi connectivity index (χ0n) is 15.2. The van der Waals surface area contributed by atoms with E-state index in [1.807, 2.05) is 0 Å². The predicted octanol–water partition coefficient (Wildman–Crippen LogP) is 1.65. The third-order valence-electron chi connectivity index (χ3n) is 5.09. The van der Waals surface area contributed by atoms with Gasteiger partial charge >= 0.3 is 0 Å². The summed E-state index contributed by atoms with van der Waals surface area (Å²) in [5.41, 5.74) is 2.68. The Morgan fingerprint density at radius 2 is 1.96 bits per heavy atom. The van der Waals surface area contributed by atoms with Crippen LogP contribution in [-0.4, -0.2) is 63.2 Å². The van der Waals surface area contributed by atoms with E-state index in [1.165, 1.54) is 11.3 Å².